The van der Waals surface area contributed by atoms with Gasteiger partial charge in [-0.05, 0) is 25.8 Å². The van der Waals surface area contributed by atoms with Crippen LogP contribution in [0.5, 0.6) is 0 Å². The van der Waals surface area contributed by atoms with E-state index < -0.39 is 0 Å². The average Bonchev–Trinajstić information content (AvgIpc) is 2.86. The van der Waals surface area contributed by atoms with Crippen molar-refractivity contribution in [3.63, 3.8) is 0 Å². The Labute approximate surface area is 128 Å². The van der Waals surface area contributed by atoms with Crippen molar-refractivity contribution in [2.75, 3.05) is 0 Å². The number of aryl methyl sites for hydroxylation is 2. The lowest BCUT2D eigenvalue weighted by Crippen LogP contribution is -2.22. The maximum Gasteiger partial charge on any atom is 0.246 e. The molecule has 4 nitrogen and oxygen atoms in total. The number of hydrazone groups is 1. The van der Waals surface area contributed by atoms with Crippen LogP contribution >= 0.6 is 11.3 Å². The number of thiazole rings is 1. The molecule has 1 aromatic carbocycles. The van der Waals surface area contributed by atoms with Gasteiger partial charge in [0.25, 0.3) is 0 Å². The summed E-state index contributed by atoms with van der Waals surface area (Å²) >= 11 is 1.55. The number of carbonyl (C=O) groups is 1. The van der Waals surface area contributed by atoms with Gasteiger partial charge in [0.2, 0.25) is 5.91 Å². The Bertz CT molecular complexity index is 644. The van der Waals surface area contributed by atoms with Crippen LogP contribution in [0.25, 0.3) is 0 Å². The third-order valence-corrected chi connectivity index (χ3v) is 3.87. The van der Waals surface area contributed by atoms with Gasteiger partial charge >= 0.3 is 0 Å². The smallest absolute Gasteiger partial charge is 0.246 e. The van der Waals surface area contributed by atoms with Crippen molar-refractivity contribution in [1.82, 2.24) is 10.4 Å². The van der Waals surface area contributed by atoms with Crippen molar-refractivity contribution >= 4 is 23.0 Å². The van der Waals surface area contributed by atoms with E-state index >= 15 is 0 Å². The molecule has 1 amide bonds. The predicted octanol–water partition coefficient (Wildman–Crippen LogP) is 3.23. The fraction of sp³-hybridized carbons (Fsp3) is 0.312. The van der Waals surface area contributed by atoms with Crippen LogP contribution in [-0.4, -0.2) is 16.6 Å². The molecule has 110 valence electrons. The zero-order chi connectivity index (χ0) is 15.2. The molecule has 0 radical (unpaired) electrons. The second-order valence-electron chi connectivity index (χ2n) is 4.85. The number of amides is 1. The lowest BCUT2D eigenvalue weighted by Gasteiger charge is -2.05. The van der Waals surface area contributed by atoms with Crippen LogP contribution < -0.4 is 5.43 Å². The molecule has 0 aliphatic carbocycles. The molecule has 0 atom stereocenters. The molecule has 2 rings (SSSR count). The Morgan fingerprint density at radius 2 is 2.00 bits per heavy atom. The summed E-state index contributed by atoms with van der Waals surface area (Å²) in [6.07, 6.45) is 1.03. The summed E-state index contributed by atoms with van der Waals surface area (Å²) in [6.45, 7) is 6.00. The Kier molecular flexibility index (Phi) is 5.22. The highest BCUT2D eigenvalue weighted by atomic mass is 32.1. The van der Waals surface area contributed by atoms with Gasteiger partial charge in [-0.15, -0.1) is 11.3 Å². The van der Waals surface area contributed by atoms with Gasteiger partial charge in [0.15, 0.2) is 0 Å². The minimum absolute atomic E-state index is 0.140. The molecule has 0 bridgehead atoms. The van der Waals surface area contributed by atoms with Crippen LogP contribution in [0.4, 0.5) is 0 Å². The molecule has 5 heteroatoms. The third-order valence-electron chi connectivity index (χ3n) is 3.04. The Balaban J connectivity index is 2.00. The normalized spacial score (nSPS) is 11.5. The van der Waals surface area contributed by atoms with Crippen molar-refractivity contribution in [2.45, 2.75) is 33.6 Å². The lowest BCUT2D eigenvalue weighted by atomic mass is 10.1. The van der Waals surface area contributed by atoms with Crippen LogP contribution in [-0.2, 0) is 11.2 Å². The maximum atomic E-state index is 11.9. The number of hydrogen-bond donors (Lipinski definition) is 1. The topological polar surface area (TPSA) is 54.4 Å². The first-order chi connectivity index (χ1) is 10.1. The Morgan fingerprint density at radius 1 is 1.29 bits per heavy atom. The van der Waals surface area contributed by atoms with E-state index in [1.807, 2.05) is 50.4 Å². The van der Waals surface area contributed by atoms with Crippen LogP contribution in [0.3, 0.4) is 0 Å². The highest BCUT2D eigenvalue weighted by Gasteiger charge is 2.07. The molecule has 21 heavy (non-hydrogen) atoms. The van der Waals surface area contributed by atoms with Gasteiger partial charge in [0.05, 0.1) is 22.8 Å². The van der Waals surface area contributed by atoms with Gasteiger partial charge in [0, 0.05) is 5.38 Å². The molecule has 1 N–H and O–H groups in total. The number of nitrogens with one attached hydrogen (secondary N) is 1. The van der Waals surface area contributed by atoms with Crippen molar-refractivity contribution in [2.24, 2.45) is 5.10 Å². The van der Waals surface area contributed by atoms with Gasteiger partial charge in [-0.1, -0.05) is 36.8 Å². The molecule has 0 saturated carbocycles. The minimum Gasteiger partial charge on any atom is -0.273 e. The van der Waals surface area contributed by atoms with Crippen molar-refractivity contribution in [3.8, 4) is 0 Å². The number of nitrogens with zero attached hydrogens (tertiary/aromatic N) is 2. The first kappa shape index (κ1) is 15.4. The molecule has 1 heterocycles. The van der Waals surface area contributed by atoms with E-state index in [9.17, 15) is 4.79 Å². The summed E-state index contributed by atoms with van der Waals surface area (Å²) in [5.74, 6) is -0.140. The van der Waals surface area contributed by atoms with E-state index in [0.29, 0.717) is 0 Å². The van der Waals surface area contributed by atoms with E-state index in [2.05, 4.69) is 15.5 Å². The summed E-state index contributed by atoms with van der Waals surface area (Å²) in [6, 6.07) is 8.13. The van der Waals surface area contributed by atoms with Crippen LogP contribution in [0.2, 0.25) is 0 Å². The van der Waals surface area contributed by atoms with E-state index in [4.69, 9.17) is 0 Å². The number of carbonyl (C=O) groups excluding carboxylic acids is 1. The summed E-state index contributed by atoms with van der Waals surface area (Å²) in [4.78, 5) is 16.1. The minimum atomic E-state index is -0.140. The van der Waals surface area contributed by atoms with Crippen molar-refractivity contribution in [1.29, 1.82) is 0 Å². The molecule has 0 fully saturated rings. The highest BCUT2D eigenvalue weighted by Crippen LogP contribution is 2.09. The number of aromatic nitrogens is 1. The summed E-state index contributed by atoms with van der Waals surface area (Å²) in [7, 11) is 0. The third kappa shape index (κ3) is 4.49. The van der Waals surface area contributed by atoms with Gasteiger partial charge < -0.3 is 0 Å². The second kappa shape index (κ2) is 7.13. The average molecular weight is 301 g/mol. The van der Waals surface area contributed by atoms with Crippen LogP contribution in [0, 0.1) is 13.8 Å². The first-order valence-corrected chi connectivity index (χ1v) is 7.80. The largest absolute Gasteiger partial charge is 0.273 e. The summed E-state index contributed by atoms with van der Waals surface area (Å²) in [5, 5.41) is 7.11. The molecule has 0 saturated heterocycles. The van der Waals surface area contributed by atoms with Crippen LogP contribution in [0.15, 0.2) is 34.7 Å². The quantitative estimate of drug-likeness (QED) is 0.681. The van der Waals surface area contributed by atoms with Crippen LogP contribution in [0.1, 0.15) is 35.2 Å². The Hall–Kier alpha value is -2.01. The van der Waals surface area contributed by atoms with Gasteiger partial charge in [0.1, 0.15) is 0 Å². The maximum absolute atomic E-state index is 11.9. The number of rotatable bonds is 5. The van der Waals surface area contributed by atoms with Gasteiger partial charge in [-0.25, -0.2) is 10.4 Å². The molecule has 0 aliphatic rings. The molecule has 0 aliphatic heterocycles. The monoisotopic (exact) mass is 301 g/mol. The molecular weight excluding hydrogens is 282 g/mol. The standard InChI is InChI=1S/C16H19N3OS/c1-4-15(13-7-5-11(2)6-8-13)18-19-16(20)9-14-10-21-12(3)17-14/h5-8,10H,4,9H2,1-3H3,(H,19,20)/b18-15-. The van der Waals surface area contributed by atoms with Gasteiger partial charge in [-0.3, -0.25) is 4.79 Å². The second-order valence-corrected chi connectivity index (χ2v) is 5.91. The molecular formula is C16H19N3OS. The molecule has 0 unspecified atom stereocenters. The van der Waals surface area contributed by atoms with E-state index in [1.54, 1.807) is 11.3 Å². The van der Waals surface area contributed by atoms with E-state index in [0.717, 1.165) is 28.4 Å². The van der Waals surface area contributed by atoms with E-state index in [-0.39, 0.29) is 12.3 Å². The van der Waals surface area contributed by atoms with Gasteiger partial charge in [-0.2, -0.15) is 5.10 Å². The molecule has 0 spiro atoms. The number of benzene rings is 1. The first-order valence-electron chi connectivity index (χ1n) is 6.92. The Morgan fingerprint density at radius 3 is 2.57 bits per heavy atom. The molecule has 2 aromatic rings. The fourth-order valence-corrected chi connectivity index (χ4v) is 2.53. The van der Waals surface area contributed by atoms with E-state index in [1.165, 1.54) is 5.56 Å². The van der Waals surface area contributed by atoms with Crippen molar-refractivity contribution in [3.05, 3.63) is 51.5 Å². The van der Waals surface area contributed by atoms with Crippen molar-refractivity contribution < 1.29 is 4.79 Å². The fourth-order valence-electron chi connectivity index (χ4n) is 1.92. The lowest BCUT2D eigenvalue weighted by molar-refractivity contribution is -0.120. The summed E-state index contributed by atoms with van der Waals surface area (Å²) in [5.41, 5.74) is 6.52. The molecule has 1 aromatic heterocycles. The zero-order valence-corrected chi connectivity index (χ0v) is 13.3. The highest BCUT2D eigenvalue weighted by molar-refractivity contribution is 7.09. The summed E-state index contributed by atoms with van der Waals surface area (Å²) < 4.78 is 0. The zero-order valence-electron chi connectivity index (χ0n) is 12.5. The number of hydrogen-bond acceptors (Lipinski definition) is 4. The SMILES string of the molecule is CC/C(=N/NC(=O)Cc1csc(C)n1)c1ccc(C)cc1. The predicted molar refractivity (Wildman–Crippen MR) is 86.7 cm³/mol.